The van der Waals surface area contributed by atoms with Crippen LogP contribution in [0.2, 0.25) is 0 Å². The maximum atomic E-state index is 12.7. The van der Waals surface area contributed by atoms with Crippen LogP contribution in [0.4, 0.5) is 0 Å². The van der Waals surface area contributed by atoms with Crippen LogP contribution in [-0.4, -0.2) is 56.6 Å². The number of carbonyl (C=O) groups is 1. The Balaban J connectivity index is 1.73. The topological polar surface area (TPSA) is 95.9 Å². The van der Waals surface area contributed by atoms with Crippen LogP contribution in [0, 0.1) is 0 Å². The number of phenolic OH excluding ortho intramolecular Hbond substituents is 1. The van der Waals surface area contributed by atoms with E-state index >= 15 is 0 Å². The molecule has 7 nitrogen and oxygen atoms in total. The number of amides is 1. The fourth-order valence-corrected chi connectivity index (χ4v) is 4.79. The second-order valence-electron chi connectivity index (χ2n) is 5.78. The van der Waals surface area contributed by atoms with Crippen molar-refractivity contribution in [1.29, 1.82) is 0 Å². The van der Waals surface area contributed by atoms with E-state index in [2.05, 4.69) is 5.32 Å². The van der Waals surface area contributed by atoms with Gasteiger partial charge in [-0.3, -0.25) is 4.79 Å². The number of hydrogen-bond donors (Lipinski definition) is 2. The number of sulfonamides is 1. The summed E-state index contributed by atoms with van der Waals surface area (Å²) in [5.41, 5.74) is -0.0504. The molecule has 140 valence electrons. The van der Waals surface area contributed by atoms with Crippen molar-refractivity contribution in [3.05, 3.63) is 46.2 Å². The number of benzene rings is 1. The zero-order valence-electron chi connectivity index (χ0n) is 14.1. The highest BCUT2D eigenvalue weighted by Gasteiger charge is 2.27. The minimum Gasteiger partial charge on any atom is -0.507 e. The van der Waals surface area contributed by atoms with Crippen molar-refractivity contribution < 1.29 is 23.1 Å². The number of ether oxygens (including phenoxy) is 1. The summed E-state index contributed by atoms with van der Waals surface area (Å²) in [7, 11) is -3.73. The van der Waals surface area contributed by atoms with Gasteiger partial charge in [-0.1, -0.05) is 6.07 Å². The van der Waals surface area contributed by atoms with Gasteiger partial charge in [-0.2, -0.15) is 4.31 Å². The molecule has 0 aliphatic carbocycles. The molecule has 1 saturated heterocycles. The lowest BCUT2D eigenvalue weighted by Gasteiger charge is -2.26. The van der Waals surface area contributed by atoms with Crippen LogP contribution in [0.25, 0.3) is 0 Å². The predicted octanol–water partition coefficient (Wildman–Crippen LogP) is 1.45. The standard InChI is InChI=1S/C17H20N2O5S2/c20-16-4-3-14(26(22,23)19-7-9-24-10-8-19)12-15(16)17(21)18-6-5-13-2-1-11-25-13/h1-4,11-12,20H,5-10H2,(H,18,21). The van der Waals surface area contributed by atoms with Gasteiger partial charge in [0, 0.05) is 24.5 Å². The number of thiophene rings is 1. The summed E-state index contributed by atoms with van der Waals surface area (Å²) in [5, 5.41) is 14.7. The molecule has 1 fully saturated rings. The molecule has 0 spiro atoms. The van der Waals surface area contributed by atoms with E-state index in [4.69, 9.17) is 4.74 Å². The quantitative estimate of drug-likeness (QED) is 0.770. The van der Waals surface area contributed by atoms with Gasteiger partial charge in [0.2, 0.25) is 10.0 Å². The minimum atomic E-state index is -3.73. The minimum absolute atomic E-state index is 0.0133. The monoisotopic (exact) mass is 396 g/mol. The number of rotatable bonds is 6. The number of phenols is 1. The van der Waals surface area contributed by atoms with Crippen LogP contribution < -0.4 is 5.32 Å². The van der Waals surface area contributed by atoms with Crippen LogP contribution in [0.1, 0.15) is 15.2 Å². The number of morpholine rings is 1. The second-order valence-corrected chi connectivity index (χ2v) is 8.75. The molecule has 9 heteroatoms. The zero-order chi connectivity index (χ0) is 18.6. The molecule has 3 rings (SSSR count). The number of hydrogen-bond acceptors (Lipinski definition) is 6. The highest BCUT2D eigenvalue weighted by Crippen LogP contribution is 2.24. The van der Waals surface area contributed by atoms with Crippen molar-refractivity contribution in [2.45, 2.75) is 11.3 Å². The largest absolute Gasteiger partial charge is 0.507 e. The molecule has 1 aliphatic heterocycles. The number of carbonyl (C=O) groups excluding carboxylic acids is 1. The Labute approximate surface area is 156 Å². The summed E-state index contributed by atoms with van der Waals surface area (Å²) in [4.78, 5) is 13.5. The smallest absolute Gasteiger partial charge is 0.255 e. The fraction of sp³-hybridized carbons (Fsp3) is 0.353. The van der Waals surface area contributed by atoms with Gasteiger partial charge < -0.3 is 15.2 Å². The van der Waals surface area contributed by atoms with Gasteiger partial charge >= 0.3 is 0 Å². The van der Waals surface area contributed by atoms with Crippen LogP contribution in [0.3, 0.4) is 0 Å². The first-order chi connectivity index (χ1) is 12.5. The molecule has 2 N–H and O–H groups in total. The molecular weight excluding hydrogens is 376 g/mol. The Bertz CT molecular complexity index is 859. The Morgan fingerprint density at radius 1 is 1.27 bits per heavy atom. The summed E-state index contributed by atoms with van der Waals surface area (Å²) in [5.74, 6) is -0.752. The van der Waals surface area contributed by atoms with Crippen molar-refractivity contribution in [2.24, 2.45) is 0 Å². The van der Waals surface area contributed by atoms with E-state index in [0.717, 1.165) is 4.88 Å². The van der Waals surface area contributed by atoms with Crippen molar-refractivity contribution in [3.63, 3.8) is 0 Å². The highest BCUT2D eigenvalue weighted by molar-refractivity contribution is 7.89. The maximum Gasteiger partial charge on any atom is 0.255 e. The molecule has 0 unspecified atom stereocenters. The summed E-state index contributed by atoms with van der Waals surface area (Å²) < 4.78 is 31.9. The lowest BCUT2D eigenvalue weighted by atomic mass is 10.2. The maximum absolute atomic E-state index is 12.7. The lowest BCUT2D eigenvalue weighted by Crippen LogP contribution is -2.40. The van der Waals surface area contributed by atoms with Crippen molar-refractivity contribution >= 4 is 27.3 Å². The van der Waals surface area contributed by atoms with E-state index in [-0.39, 0.29) is 29.3 Å². The van der Waals surface area contributed by atoms with E-state index in [1.54, 1.807) is 11.3 Å². The molecule has 26 heavy (non-hydrogen) atoms. The first kappa shape index (κ1) is 18.8. The van der Waals surface area contributed by atoms with Crippen LogP contribution in [-0.2, 0) is 21.2 Å². The first-order valence-corrected chi connectivity index (χ1v) is 10.5. The Kier molecular flexibility index (Phi) is 5.92. The molecule has 1 aromatic heterocycles. The third kappa shape index (κ3) is 4.24. The van der Waals surface area contributed by atoms with Gasteiger partial charge in [0.05, 0.1) is 23.7 Å². The SMILES string of the molecule is O=C(NCCc1cccs1)c1cc(S(=O)(=O)N2CCOCC2)ccc1O. The molecule has 1 aliphatic rings. The third-order valence-electron chi connectivity index (χ3n) is 4.06. The summed E-state index contributed by atoms with van der Waals surface area (Å²) in [6.07, 6.45) is 0.677. The molecule has 0 saturated carbocycles. The van der Waals surface area contributed by atoms with E-state index in [1.807, 2.05) is 17.5 Å². The number of aromatic hydroxyl groups is 1. The Hall–Kier alpha value is -1.94. The summed E-state index contributed by atoms with van der Waals surface area (Å²) >= 11 is 1.60. The molecule has 1 aromatic carbocycles. The average Bonchev–Trinajstić information content (AvgIpc) is 3.16. The molecule has 2 aromatic rings. The van der Waals surface area contributed by atoms with Gasteiger partial charge in [0.1, 0.15) is 5.75 Å². The van der Waals surface area contributed by atoms with E-state index in [9.17, 15) is 18.3 Å². The van der Waals surface area contributed by atoms with Crippen LogP contribution in [0.5, 0.6) is 5.75 Å². The first-order valence-electron chi connectivity index (χ1n) is 8.20. The molecule has 0 atom stereocenters. The normalized spacial score (nSPS) is 15.7. The average molecular weight is 396 g/mol. The predicted molar refractivity (Wildman–Crippen MR) is 98.0 cm³/mol. The zero-order valence-corrected chi connectivity index (χ0v) is 15.7. The lowest BCUT2D eigenvalue weighted by molar-refractivity contribution is 0.0730. The molecule has 0 radical (unpaired) electrons. The fourth-order valence-electron chi connectivity index (χ4n) is 2.64. The van der Waals surface area contributed by atoms with Gasteiger partial charge in [0.25, 0.3) is 5.91 Å². The summed E-state index contributed by atoms with van der Waals surface area (Å²) in [6.45, 7) is 1.62. The Morgan fingerprint density at radius 2 is 2.04 bits per heavy atom. The number of nitrogens with zero attached hydrogens (tertiary/aromatic N) is 1. The number of nitrogens with one attached hydrogen (secondary N) is 1. The van der Waals surface area contributed by atoms with Crippen LogP contribution in [0.15, 0.2) is 40.6 Å². The van der Waals surface area contributed by atoms with E-state index in [0.29, 0.717) is 26.2 Å². The molecule has 1 amide bonds. The highest BCUT2D eigenvalue weighted by atomic mass is 32.2. The van der Waals surface area contributed by atoms with Crippen LogP contribution >= 0.6 is 11.3 Å². The van der Waals surface area contributed by atoms with Crippen molar-refractivity contribution in [2.75, 3.05) is 32.8 Å². The summed E-state index contributed by atoms with van der Waals surface area (Å²) in [6, 6.07) is 7.68. The molecule has 2 heterocycles. The van der Waals surface area contributed by atoms with Gasteiger partial charge in [0.15, 0.2) is 0 Å². The van der Waals surface area contributed by atoms with Gasteiger partial charge in [-0.25, -0.2) is 8.42 Å². The van der Waals surface area contributed by atoms with Crippen molar-refractivity contribution in [3.8, 4) is 5.75 Å². The van der Waals surface area contributed by atoms with E-state index in [1.165, 1.54) is 22.5 Å². The van der Waals surface area contributed by atoms with E-state index < -0.39 is 15.9 Å². The molecular formula is C17H20N2O5S2. The second kappa shape index (κ2) is 8.17. The third-order valence-corrected chi connectivity index (χ3v) is 6.89. The van der Waals surface area contributed by atoms with Gasteiger partial charge in [-0.05, 0) is 36.1 Å². The van der Waals surface area contributed by atoms with Crippen molar-refractivity contribution in [1.82, 2.24) is 9.62 Å². The molecule has 0 bridgehead atoms. The Morgan fingerprint density at radius 3 is 2.73 bits per heavy atom. The van der Waals surface area contributed by atoms with Gasteiger partial charge in [-0.15, -0.1) is 11.3 Å².